The lowest BCUT2D eigenvalue weighted by molar-refractivity contribution is -0.117. The SMILES string of the molecule is CCc1nc(-c2cccc(NC(=O)C(C)NC(=O)c3ccco3)c2)no1. The van der Waals surface area contributed by atoms with Gasteiger partial charge in [-0.15, -0.1) is 0 Å². The van der Waals surface area contributed by atoms with Gasteiger partial charge in [-0.1, -0.05) is 24.2 Å². The molecule has 1 unspecified atom stereocenters. The van der Waals surface area contributed by atoms with Gasteiger partial charge in [-0.05, 0) is 31.2 Å². The molecule has 2 amide bonds. The lowest BCUT2D eigenvalue weighted by Gasteiger charge is -2.13. The van der Waals surface area contributed by atoms with Gasteiger partial charge in [0, 0.05) is 17.7 Å². The third-order valence-corrected chi connectivity index (χ3v) is 3.64. The van der Waals surface area contributed by atoms with Crippen molar-refractivity contribution in [2.75, 3.05) is 5.32 Å². The number of anilines is 1. The molecule has 0 saturated carbocycles. The van der Waals surface area contributed by atoms with Crippen molar-refractivity contribution >= 4 is 17.5 Å². The smallest absolute Gasteiger partial charge is 0.287 e. The summed E-state index contributed by atoms with van der Waals surface area (Å²) in [4.78, 5) is 28.5. The number of carbonyl (C=O) groups is 2. The van der Waals surface area contributed by atoms with Gasteiger partial charge in [-0.2, -0.15) is 4.98 Å². The number of carbonyl (C=O) groups excluding carboxylic acids is 2. The van der Waals surface area contributed by atoms with Crippen LogP contribution in [0, 0.1) is 0 Å². The first-order valence-corrected chi connectivity index (χ1v) is 8.15. The zero-order valence-corrected chi connectivity index (χ0v) is 14.4. The highest BCUT2D eigenvalue weighted by atomic mass is 16.5. The number of amides is 2. The van der Waals surface area contributed by atoms with Crippen LogP contribution in [0.3, 0.4) is 0 Å². The standard InChI is InChI=1S/C18H18N4O4/c1-3-15-21-16(22-26-15)12-6-4-7-13(10-12)20-17(23)11(2)19-18(24)14-8-5-9-25-14/h4-11H,3H2,1-2H3,(H,19,24)(H,20,23). The molecule has 1 aromatic carbocycles. The van der Waals surface area contributed by atoms with Crippen LogP contribution in [0.15, 0.2) is 51.6 Å². The lowest BCUT2D eigenvalue weighted by Crippen LogP contribution is -2.41. The van der Waals surface area contributed by atoms with Crippen molar-refractivity contribution < 1.29 is 18.5 Å². The molecule has 0 saturated heterocycles. The monoisotopic (exact) mass is 354 g/mol. The number of aromatic nitrogens is 2. The van der Waals surface area contributed by atoms with Crippen molar-refractivity contribution in [2.24, 2.45) is 0 Å². The van der Waals surface area contributed by atoms with Gasteiger partial charge in [-0.3, -0.25) is 9.59 Å². The molecular weight excluding hydrogens is 336 g/mol. The van der Waals surface area contributed by atoms with E-state index in [1.54, 1.807) is 31.2 Å². The summed E-state index contributed by atoms with van der Waals surface area (Å²) in [7, 11) is 0. The van der Waals surface area contributed by atoms with Gasteiger partial charge in [0.15, 0.2) is 5.76 Å². The number of rotatable bonds is 6. The summed E-state index contributed by atoms with van der Waals surface area (Å²) in [5, 5.41) is 9.24. The Bertz CT molecular complexity index is 902. The van der Waals surface area contributed by atoms with Crippen molar-refractivity contribution in [2.45, 2.75) is 26.3 Å². The average Bonchev–Trinajstić information content (AvgIpc) is 3.33. The molecule has 3 rings (SSSR count). The maximum Gasteiger partial charge on any atom is 0.287 e. The first-order chi connectivity index (χ1) is 12.6. The first-order valence-electron chi connectivity index (χ1n) is 8.15. The Morgan fingerprint density at radius 2 is 2.08 bits per heavy atom. The molecule has 2 aromatic heterocycles. The molecule has 8 heteroatoms. The van der Waals surface area contributed by atoms with E-state index in [4.69, 9.17) is 8.94 Å². The zero-order chi connectivity index (χ0) is 18.5. The predicted octanol–water partition coefficient (Wildman–Crippen LogP) is 2.65. The molecular formula is C18H18N4O4. The second-order valence-corrected chi connectivity index (χ2v) is 5.61. The third-order valence-electron chi connectivity index (χ3n) is 3.64. The van der Waals surface area contributed by atoms with Gasteiger partial charge in [-0.25, -0.2) is 0 Å². The molecule has 2 N–H and O–H groups in total. The van der Waals surface area contributed by atoms with Crippen LogP contribution in [0.2, 0.25) is 0 Å². The highest BCUT2D eigenvalue weighted by molar-refractivity contribution is 6.00. The Balaban J connectivity index is 1.65. The molecule has 0 spiro atoms. The topological polar surface area (TPSA) is 110 Å². The van der Waals surface area contributed by atoms with Crippen LogP contribution < -0.4 is 10.6 Å². The van der Waals surface area contributed by atoms with Crippen LogP contribution in [0.1, 0.15) is 30.3 Å². The summed E-state index contributed by atoms with van der Waals surface area (Å²) in [5.41, 5.74) is 1.29. The molecule has 2 heterocycles. The zero-order valence-electron chi connectivity index (χ0n) is 14.4. The molecule has 0 aliphatic carbocycles. The second-order valence-electron chi connectivity index (χ2n) is 5.61. The summed E-state index contributed by atoms with van der Waals surface area (Å²) >= 11 is 0. The fraction of sp³-hybridized carbons (Fsp3) is 0.222. The lowest BCUT2D eigenvalue weighted by atomic mass is 10.2. The van der Waals surface area contributed by atoms with E-state index in [9.17, 15) is 9.59 Å². The van der Waals surface area contributed by atoms with E-state index in [0.717, 1.165) is 5.56 Å². The van der Waals surface area contributed by atoms with Crippen molar-refractivity contribution in [3.05, 3.63) is 54.3 Å². The predicted molar refractivity (Wildman–Crippen MR) is 93.4 cm³/mol. The third kappa shape index (κ3) is 3.97. The Morgan fingerprint density at radius 1 is 1.23 bits per heavy atom. The largest absolute Gasteiger partial charge is 0.459 e. The molecule has 3 aromatic rings. The minimum atomic E-state index is -0.742. The molecule has 134 valence electrons. The summed E-state index contributed by atoms with van der Waals surface area (Å²) in [5.74, 6) is 0.339. The van der Waals surface area contributed by atoms with Crippen molar-refractivity contribution in [1.82, 2.24) is 15.5 Å². The first kappa shape index (κ1) is 17.4. The average molecular weight is 354 g/mol. The maximum absolute atomic E-state index is 12.3. The van der Waals surface area contributed by atoms with E-state index in [2.05, 4.69) is 20.8 Å². The number of nitrogens with zero attached hydrogens (tertiary/aromatic N) is 2. The van der Waals surface area contributed by atoms with Crippen LogP contribution >= 0.6 is 0 Å². The summed E-state index contributed by atoms with van der Waals surface area (Å²) in [6.07, 6.45) is 2.04. The van der Waals surface area contributed by atoms with E-state index in [-0.39, 0.29) is 11.7 Å². The van der Waals surface area contributed by atoms with Crippen LogP contribution in [-0.2, 0) is 11.2 Å². The highest BCUT2D eigenvalue weighted by Gasteiger charge is 2.18. The van der Waals surface area contributed by atoms with Gasteiger partial charge in [0.05, 0.1) is 6.26 Å². The normalized spacial score (nSPS) is 11.8. The van der Waals surface area contributed by atoms with Crippen molar-refractivity contribution in [1.29, 1.82) is 0 Å². The number of hydrogen-bond acceptors (Lipinski definition) is 6. The molecule has 8 nitrogen and oxygen atoms in total. The molecule has 0 fully saturated rings. The number of aryl methyl sites for hydroxylation is 1. The number of hydrogen-bond donors (Lipinski definition) is 2. The van der Waals surface area contributed by atoms with Gasteiger partial charge >= 0.3 is 0 Å². The van der Waals surface area contributed by atoms with Crippen LogP contribution in [0.4, 0.5) is 5.69 Å². The maximum atomic E-state index is 12.3. The summed E-state index contributed by atoms with van der Waals surface area (Å²) < 4.78 is 10.1. The summed E-state index contributed by atoms with van der Waals surface area (Å²) in [6.45, 7) is 3.51. The quantitative estimate of drug-likeness (QED) is 0.704. The van der Waals surface area contributed by atoms with Crippen LogP contribution in [0.25, 0.3) is 11.4 Å². The molecule has 0 aliphatic rings. The highest BCUT2D eigenvalue weighted by Crippen LogP contribution is 2.20. The van der Waals surface area contributed by atoms with E-state index < -0.39 is 11.9 Å². The molecule has 0 aliphatic heterocycles. The van der Waals surface area contributed by atoms with Gasteiger partial charge in [0.25, 0.3) is 5.91 Å². The number of nitrogens with one attached hydrogen (secondary N) is 2. The molecule has 0 radical (unpaired) electrons. The fourth-order valence-electron chi connectivity index (χ4n) is 2.24. The van der Waals surface area contributed by atoms with Crippen LogP contribution in [-0.4, -0.2) is 28.0 Å². The van der Waals surface area contributed by atoms with Gasteiger partial charge < -0.3 is 19.6 Å². The molecule has 1 atom stereocenters. The Labute approximate surface area is 149 Å². The van der Waals surface area contributed by atoms with Crippen molar-refractivity contribution in [3.8, 4) is 11.4 Å². The van der Waals surface area contributed by atoms with Gasteiger partial charge in [0.2, 0.25) is 17.6 Å². The number of furan rings is 1. The Kier molecular flexibility index (Phi) is 5.12. The minimum absolute atomic E-state index is 0.149. The second kappa shape index (κ2) is 7.64. The fourth-order valence-corrected chi connectivity index (χ4v) is 2.24. The van der Waals surface area contributed by atoms with E-state index >= 15 is 0 Å². The van der Waals surface area contributed by atoms with E-state index in [0.29, 0.717) is 23.8 Å². The Hall–Kier alpha value is -3.42. The minimum Gasteiger partial charge on any atom is -0.459 e. The van der Waals surface area contributed by atoms with E-state index in [1.807, 2.05) is 13.0 Å². The number of benzene rings is 1. The van der Waals surface area contributed by atoms with Crippen LogP contribution in [0.5, 0.6) is 0 Å². The Morgan fingerprint density at radius 3 is 2.77 bits per heavy atom. The summed E-state index contributed by atoms with van der Waals surface area (Å²) in [6, 6.07) is 9.47. The molecule has 26 heavy (non-hydrogen) atoms. The molecule has 0 bridgehead atoms. The van der Waals surface area contributed by atoms with Crippen molar-refractivity contribution in [3.63, 3.8) is 0 Å². The van der Waals surface area contributed by atoms with E-state index in [1.165, 1.54) is 12.3 Å². The van der Waals surface area contributed by atoms with Gasteiger partial charge in [0.1, 0.15) is 6.04 Å².